The van der Waals surface area contributed by atoms with Crippen molar-refractivity contribution in [3.05, 3.63) is 65.7 Å². The van der Waals surface area contributed by atoms with Gasteiger partial charge in [0.25, 0.3) is 0 Å². The van der Waals surface area contributed by atoms with Gasteiger partial charge in [-0.25, -0.2) is 4.79 Å². The van der Waals surface area contributed by atoms with E-state index in [1.54, 1.807) is 7.05 Å². The molecule has 10 nitrogen and oxygen atoms in total. The Hall–Kier alpha value is -4.39. The van der Waals surface area contributed by atoms with E-state index in [0.717, 1.165) is 43.2 Å². The molecular weight excluding hydrogens is 570 g/mol. The smallest absolute Gasteiger partial charge is 0.408 e. The van der Waals surface area contributed by atoms with Crippen molar-refractivity contribution in [2.75, 3.05) is 18.9 Å². The maximum absolute atomic E-state index is 14.4. The molecule has 2 aromatic rings. The zero-order valence-corrected chi connectivity index (χ0v) is 26.3. The van der Waals surface area contributed by atoms with Gasteiger partial charge in [0.05, 0.1) is 11.5 Å². The standard InChI is InChI=1S/C35H43N5O5/c1-23(2)18-29(31(41)40-22-35(19-26(40)20-36)27-16-10-11-17-28(27)37-33(35)43)39(3)32(42)30(25-14-8-5-9-15-25)38-34(44)45-21-24-12-6-4-7-13-24/h4,6-7,10-13,16-17,23,25-26,29-30H,5,8-9,14-15,18-19,21-22H2,1-3H3,(H,37,43)(H,38,44)/t26-,29-,30-,35-/m0/s1. The lowest BCUT2D eigenvalue weighted by Crippen LogP contribution is -2.58. The minimum absolute atomic E-state index is 0.0544. The lowest BCUT2D eigenvalue weighted by molar-refractivity contribution is -0.147. The number of para-hydroxylation sites is 1. The number of likely N-dealkylation sites (N-methyl/N-ethyl adjacent to an activating group) is 1. The van der Waals surface area contributed by atoms with Crippen molar-refractivity contribution < 1.29 is 23.9 Å². The Morgan fingerprint density at radius 2 is 1.78 bits per heavy atom. The molecule has 5 rings (SSSR count). The first kappa shape index (κ1) is 32.0. The average molecular weight is 614 g/mol. The zero-order valence-electron chi connectivity index (χ0n) is 26.3. The van der Waals surface area contributed by atoms with Gasteiger partial charge in [-0.15, -0.1) is 0 Å². The highest BCUT2D eigenvalue weighted by atomic mass is 16.5. The molecule has 0 aromatic heterocycles. The van der Waals surface area contributed by atoms with Gasteiger partial charge in [-0.05, 0) is 48.3 Å². The molecule has 1 saturated heterocycles. The lowest BCUT2D eigenvalue weighted by atomic mass is 9.80. The van der Waals surface area contributed by atoms with Crippen molar-refractivity contribution >= 4 is 29.5 Å². The third-order valence-corrected chi connectivity index (χ3v) is 9.58. The Kier molecular flexibility index (Phi) is 9.76. The third-order valence-electron chi connectivity index (χ3n) is 9.58. The molecule has 238 valence electrons. The summed E-state index contributed by atoms with van der Waals surface area (Å²) in [5.41, 5.74) is 1.29. The minimum atomic E-state index is -1.02. The maximum atomic E-state index is 14.4. The number of hydrogen-bond acceptors (Lipinski definition) is 6. The molecule has 1 saturated carbocycles. The van der Waals surface area contributed by atoms with E-state index in [0.29, 0.717) is 12.1 Å². The number of ether oxygens (including phenoxy) is 1. The van der Waals surface area contributed by atoms with Gasteiger partial charge in [0.15, 0.2) is 0 Å². The molecule has 2 N–H and O–H groups in total. The SMILES string of the molecule is CC(C)C[C@@H](C(=O)N1C[C@]2(C[C@H]1C#N)C(=O)Nc1ccccc12)N(C)C(=O)[C@@H](NC(=O)OCc1ccccc1)C1CCCCC1. The first-order valence-electron chi connectivity index (χ1n) is 16.0. The van der Waals surface area contributed by atoms with Gasteiger partial charge in [-0.2, -0.15) is 5.26 Å². The fourth-order valence-corrected chi connectivity index (χ4v) is 7.16. The molecule has 0 radical (unpaired) electrons. The molecule has 1 aliphatic carbocycles. The summed E-state index contributed by atoms with van der Waals surface area (Å²) in [5.74, 6) is -0.982. The molecule has 2 heterocycles. The number of hydrogen-bond donors (Lipinski definition) is 2. The topological polar surface area (TPSA) is 132 Å². The van der Waals surface area contributed by atoms with E-state index in [9.17, 15) is 24.4 Å². The van der Waals surface area contributed by atoms with Crippen molar-refractivity contribution in [1.82, 2.24) is 15.1 Å². The fourth-order valence-electron chi connectivity index (χ4n) is 7.16. The van der Waals surface area contributed by atoms with Crippen LogP contribution in [0.3, 0.4) is 0 Å². The second-order valence-electron chi connectivity index (χ2n) is 13.1. The zero-order chi connectivity index (χ0) is 32.1. The van der Waals surface area contributed by atoms with Crippen molar-refractivity contribution in [1.29, 1.82) is 5.26 Å². The number of nitrogens with zero attached hydrogens (tertiary/aromatic N) is 3. The molecule has 4 atom stereocenters. The van der Waals surface area contributed by atoms with E-state index in [1.165, 1.54) is 9.80 Å². The quantitative estimate of drug-likeness (QED) is 0.420. The predicted octanol–water partition coefficient (Wildman–Crippen LogP) is 4.75. The molecule has 0 bridgehead atoms. The average Bonchev–Trinajstić information content (AvgIpc) is 3.58. The highest BCUT2D eigenvalue weighted by Gasteiger charge is 2.56. The van der Waals surface area contributed by atoms with Gasteiger partial charge in [-0.1, -0.05) is 81.6 Å². The Balaban J connectivity index is 1.37. The van der Waals surface area contributed by atoms with Crippen LogP contribution in [-0.2, 0) is 31.1 Å². The largest absolute Gasteiger partial charge is 0.445 e. The number of rotatable bonds is 9. The second kappa shape index (κ2) is 13.7. The Morgan fingerprint density at radius 3 is 2.47 bits per heavy atom. The number of alkyl carbamates (subject to hydrolysis) is 1. The maximum Gasteiger partial charge on any atom is 0.408 e. The Labute approximate surface area is 265 Å². The summed E-state index contributed by atoms with van der Waals surface area (Å²) in [7, 11) is 1.60. The van der Waals surface area contributed by atoms with Crippen molar-refractivity contribution in [2.45, 2.75) is 88.9 Å². The van der Waals surface area contributed by atoms with Crippen LogP contribution in [-0.4, -0.2) is 65.3 Å². The van der Waals surface area contributed by atoms with Crippen LogP contribution in [0.25, 0.3) is 0 Å². The molecule has 3 aliphatic rings. The number of anilines is 1. The summed E-state index contributed by atoms with van der Waals surface area (Å²) in [6, 6.07) is 16.4. The number of nitrogens with one attached hydrogen (secondary N) is 2. The third kappa shape index (κ3) is 6.68. The van der Waals surface area contributed by atoms with Gasteiger partial charge >= 0.3 is 6.09 Å². The van der Waals surface area contributed by atoms with Crippen LogP contribution >= 0.6 is 0 Å². The summed E-state index contributed by atoms with van der Waals surface area (Å²) in [6.07, 6.45) is 4.42. The first-order valence-corrected chi connectivity index (χ1v) is 16.0. The van der Waals surface area contributed by atoms with Crippen LogP contribution in [0, 0.1) is 23.2 Å². The highest BCUT2D eigenvalue weighted by Crippen LogP contribution is 2.46. The summed E-state index contributed by atoms with van der Waals surface area (Å²) in [4.78, 5) is 57.9. The summed E-state index contributed by atoms with van der Waals surface area (Å²) < 4.78 is 5.48. The van der Waals surface area contributed by atoms with Gasteiger partial charge in [0.2, 0.25) is 17.7 Å². The summed E-state index contributed by atoms with van der Waals surface area (Å²) >= 11 is 0. The van der Waals surface area contributed by atoms with Gasteiger partial charge in [-0.3, -0.25) is 14.4 Å². The van der Waals surface area contributed by atoms with Gasteiger partial charge in [0.1, 0.15) is 24.7 Å². The summed E-state index contributed by atoms with van der Waals surface area (Å²) in [6.45, 7) is 4.08. The molecule has 2 fully saturated rings. The number of nitriles is 1. The number of likely N-dealkylation sites (tertiary alicyclic amines) is 1. The molecule has 2 aromatic carbocycles. The van der Waals surface area contributed by atoms with Crippen LogP contribution < -0.4 is 10.6 Å². The van der Waals surface area contributed by atoms with Crippen molar-refractivity contribution in [2.24, 2.45) is 11.8 Å². The van der Waals surface area contributed by atoms with Crippen LogP contribution in [0.4, 0.5) is 10.5 Å². The molecule has 0 unspecified atom stereocenters. The number of benzene rings is 2. The van der Waals surface area contributed by atoms with Gasteiger partial charge < -0.3 is 25.2 Å². The summed E-state index contributed by atoms with van der Waals surface area (Å²) in [5, 5.41) is 15.9. The molecule has 4 amide bonds. The van der Waals surface area contributed by atoms with Gasteiger partial charge in [0, 0.05) is 25.7 Å². The van der Waals surface area contributed by atoms with E-state index in [1.807, 2.05) is 68.4 Å². The molecule has 45 heavy (non-hydrogen) atoms. The van der Waals surface area contributed by atoms with Crippen molar-refractivity contribution in [3.8, 4) is 6.07 Å². The first-order chi connectivity index (χ1) is 21.6. The van der Waals surface area contributed by atoms with E-state index in [4.69, 9.17) is 4.74 Å². The normalized spacial score (nSPS) is 22.3. The monoisotopic (exact) mass is 613 g/mol. The number of carbonyl (C=O) groups excluding carboxylic acids is 4. The van der Waals surface area contributed by atoms with Crippen molar-refractivity contribution in [3.63, 3.8) is 0 Å². The van der Waals surface area contributed by atoms with E-state index < -0.39 is 29.6 Å². The number of amides is 4. The fraction of sp³-hybridized carbons (Fsp3) is 0.514. The lowest BCUT2D eigenvalue weighted by Gasteiger charge is -2.37. The number of carbonyl (C=O) groups is 4. The molecular formula is C35H43N5O5. The molecule has 10 heteroatoms. The Bertz CT molecular complexity index is 1450. The molecule has 2 aliphatic heterocycles. The van der Waals surface area contributed by atoms with E-state index in [-0.39, 0.29) is 49.1 Å². The highest BCUT2D eigenvalue weighted by molar-refractivity contribution is 6.07. The molecule has 1 spiro atoms. The van der Waals surface area contributed by atoms with E-state index in [2.05, 4.69) is 16.7 Å². The van der Waals surface area contributed by atoms with E-state index >= 15 is 0 Å². The second-order valence-corrected chi connectivity index (χ2v) is 13.1. The minimum Gasteiger partial charge on any atom is -0.445 e. The van der Waals surface area contributed by atoms with Crippen LogP contribution in [0.1, 0.15) is 69.9 Å². The van der Waals surface area contributed by atoms with Crippen LogP contribution in [0.2, 0.25) is 0 Å². The number of fused-ring (bicyclic) bond motifs is 2. The van der Waals surface area contributed by atoms with Crippen LogP contribution in [0.15, 0.2) is 54.6 Å². The Morgan fingerprint density at radius 1 is 1.09 bits per heavy atom. The predicted molar refractivity (Wildman–Crippen MR) is 169 cm³/mol. The van der Waals surface area contributed by atoms with Crippen LogP contribution in [0.5, 0.6) is 0 Å².